The molecule has 0 aliphatic rings. The molecule has 0 unspecified atom stereocenters. The molecule has 0 spiro atoms. The highest BCUT2D eigenvalue weighted by molar-refractivity contribution is 7.07. The molecular weight excluding hydrogens is 182 g/mol. The Balaban J connectivity index is 1.94. The molecule has 4 heteroatoms. The van der Waals surface area contributed by atoms with Crippen LogP contribution >= 0.6 is 11.3 Å². The van der Waals surface area contributed by atoms with Crippen molar-refractivity contribution in [2.45, 2.75) is 6.54 Å². The predicted octanol–water partition coefficient (Wildman–Crippen LogP) is 2.15. The van der Waals surface area contributed by atoms with Gasteiger partial charge in [0.25, 0.3) is 0 Å². The maximum atomic E-state index is 4.17. The molecule has 2 aromatic rings. The Hall–Kier alpha value is -1.42. The zero-order valence-corrected chi connectivity index (χ0v) is 7.79. The summed E-state index contributed by atoms with van der Waals surface area (Å²) in [5.74, 6) is 0. The van der Waals surface area contributed by atoms with E-state index < -0.39 is 0 Å². The molecule has 0 atom stereocenters. The molecule has 0 saturated heterocycles. The SMILES string of the molecule is c1cncc(NCc2cscn2)c1. The van der Waals surface area contributed by atoms with Crippen LogP contribution in [0.2, 0.25) is 0 Å². The third-order valence-corrected chi connectivity index (χ3v) is 2.25. The second kappa shape index (κ2) is 4.00. The zero-order valence-electron chi connectivity index (χ0n) is 6.97. The smallest absolute Gasteiger partial charge is 0.0795 e. The van der Waals surface area contributed by atoms with Crippen molar-refractivity contribution >= 4 is 17.0 Å². The lowest BCUT2D eigenvalue weighted by Crippen LogP contribution is -1.99. The molecule has 2 aromatic heterocycles. The van der Waals surface area contributed by atoms with Crippen molar-refractivity contribution in [2.24, 2.45) is 0 Å². The average molecular weight is 191 g/mol. The second-order valence-corrected chi connectivity index (χ2v) is 3.29. The molecule has 2 rings (SSSR count). The molecule has 2 heterocycles. The molecule has 13 heavy (non-hydrogen) atoms. The lowest BCUT2D eigenvalue weighted by molar-refractivity contribution is 1.07. The number of hydrogen-bond donors (Lipinski definition) is 1. The first kappa shape index (κ1) is 8.19. The summed E-state index contributed by atoms with van der Waals surface area (Å²) >= 11 is 1.61. The van der Waals surface area contributed by atoms with Gasteiger partial charge in [-0.15, -0.1) is 11.3 Å². The molecule has 0 saturated carbocycles. The highest BCUT2D eigenvalue weighted by atomic mass is 32.1. The Morgan fingerprint density at radius 2 is 2.46 bits per heavy atom. The quantitative estimate of drug-likeness (QED) is 0.807. The zero-order chi connectivity index (χ0) is 8.93. The monoisotopic (exact) mass is 191 g/mol. The number of thiazole rings is 1. The molecule has 0 aromatic carbocycles. The van der Waals surface area contributed by atoms with E-state index in [9.17, 15) is 0 Å². The number of nitrogens with one attached hydrogen (secondary N) is 1. The number of nitrogens with zero attached hydrogens (tertiary/aromatic N) is 2. The Labute approximate surface area is 80.5 Å². The van der Waals surface area contributed by atoms with Crippen molar-refractivity contribution < 1.29 is 0 Å². The van der Waals surface area contributed by atoms with Crippen LogP contribution in [0.15, 0.2) is 35.4 Å². The molecule has 0 amide bonds. The summed E-state index contributed by atoms with van der Waals surface area (Å²) in [4.78, 5) is 8.17. The van der Waals surface area contributed by atoms with E-state index in [1.54, 1.807) is 23.7 Å². The number of anilines is 1. The van der Waals surface area contributed by atoms with Crippen LogP contribution in [0.25, 0.3) is 0 Å². The molecule has 3 nitrogen and oxygen atoms in total. The molecule has 0 fully saturated rings. The van der Waals surface area contributed by atoms with Crippen molar-refractivity contribution in [1.29, 1.82) is 0 Å². The van der Waals surface area contributed by atoms with Gasteiger partial charge in [0.15, 0.2) is 0 Å². The van der Waals surface area contributed by atoms with Gasteiger partial charge in [-0.3, -0.25) is 4.98 Å². The summed E-state index contributed by atoms with van der Waals surface area (Å²) in [7, 11) is 0. The van der Waals surface area contributed by atoms with E-state index in [4.69, 9.17) is 0 Å². The summed E-state index contributed by atoms with van der Waals surface area (Å²) in [6, 6.07) is 3.89. The molecule has 1 N–H and O–H groups in total. The van der Waals surface area contributed by atoms with Crippen LogP contribution < -0.4 is 5.32 Å². The van der Waals surface area contributed by atoms with Gasteiger partial charge in [0, 0.05) is 17.8 Å². The van der Waals surface area contributed by atoms with Gasteiger partial charge in [0.1, 0.15) is 0 Å². The van der Waals surface area contributed by atoms with Gasteiger partial charge < -0.3 is 5.32 Å². The van der Waals surface area contributed by atoms with Crippen LogP contribution in [-0.2, 0) is 6.54 Å². The van der Waals surface area contributed by atoms with E-state index in [1.165, 1.54) is 0 Å². The Kier molecular flexibility index (Phi) is 2.52. The van der Waals surface area contributed by atoms with Crippen LogP contribution in [-0.4, -0.2) is 9.97 Å². The van der Waals surface area contributed by atoms with Crippen LogP contribution in [0, 0.1) is 0 Å². The van der Waals surface area contributed by atoms with Crippen LogP contribution in [0.3, 0.4) is 0 Å². The topological polar surface area (TPSA) is 37.8 Å². The minimum absolute atomic E-state index is 0.759. The van der Waals surface area contributed by atoms with E-state index in [0.717, 1.165) is 17.9 Å². The number of pyridine rings is 1. The minimum atomic E-state index is 0.759. The van der Waals surface area contributed by atoms with E-state index in [1.807, 2.05) is 23.0 Å². The summed E-state index contributed by atoms with van der Waals surface area (Å²) in [6.07, 6.45) is 3.56. The predicted molar refractivity (Wildman–Crippen MR) is 53.7 cm³/mol. The minimum Gasteiger partial charge on any atom is -0.378 e. The van der Waals surface area contributed by atoms with Gasteiger partial charge in [-0.25, -0.2) is 4.98 Å². The second-order valence-electron chi connectivity index (χ2n) is 2.58. The molecule has 0 bridgehead atoms. The highest BCUT2D eigenvalue weighted by Crippen LogP contribution is 2.06. The van der Waals surface area contributed by atoms with E-state index >= 15 is 0 Å². The number of aromatic nitrogens is 2. The molecular formula is C9H9N3S. The first-order chi connectivity index (χ1) is 6.45. The molecule has 66 valence electrons. The van der Waals surface area contributed by atoms with Crippen LogP contribution in [0.5, 0.6) is 0 Å². The Morgan fingerprint density at radius 3 is 3.15 bits per heavy atom. The third-order valence-electron chi connectivity index (χ3n) is 1.62. The van der Waals surface area contributed by atoms with Gasteiger partial charge in [-0.05, 0) is 12.1 Å². The Morgan fingerprint density at radius 1 is 1.46 bits per heavy atom. The van der Waals surface area contributed by atoms with Gasteiger partial charge in [0.05, 0.1) is 23.4 Å². The normalized spacial score (nSPS) is 9.85. The molecule has 0 radical (unpaired) electrons. The fourth-order valence-corrected chi connectivity index (χ4v) is 1.54. The standard InChI is InChI=1S/C9H9N3S/c1-2-8(4-10-3-1)11-5-9-6-13-7-12-9/h1-4,6-7,11H,5H2. The lowest BCUT2D eigenvalue weighted by atomic mass is 10.4. The fraction of sp³-hybridized carbons (Fsp3) is 0.111. The Bertz CT molecular complexity index is 344. The van der Waals surface area contributed by atoms with Crippen LogP contribution in [0.4, 0.5) is 5.69 Å². The van der Waals surface area contributed by atoms with Gasteiger partial charge in [0.2, 0.25) is 0 Å². The fourth-order valence-electron chi connectivity index (χ4n) is 0.985. The van der Waals surface area contributed by atoms with E-state index in [0.29, 0.717) is 0 Å². The first-order valence-electron chi connectivity index (χ1n) is 3.96. The third kappa shape index (κ3) is 2.26. The van der Waals surface area contributed by atoms with Crippen molar-refractivity contribution in [1.82, 2.24) is 9.97 Å². The summed E-state index contributed by atoms with van der Waals surface area (Å²) in [5.41, 5.74) is 3.92. The van der Waals surface area contributed by atoms with Gasteiger partial charge in [-0.1, -0.05) is 0 Å². The molecule has 0 aliphatic carbocycles. The lowest BCUT2D eigenvalue weighted by Gasteiger charge is -2.01. The maximum Gasteiger partial charge on any atom is 0.0795 e. The van der Waals surface area contributed by atoms with Crippen molar-refractivity contribution in [3.8, 4) is 0 Å². The van der Waals surface area contributed by atoms with Crippen molar-refractivity contribution in [2.75, 3.05) is 5.32 Å². The average Bonchev–Trinajstić information content (AvgIpc) is 2.69. The summed E-state index contributed by atoms with van der Waals surface area (Å²) in [6.45, 7) is 0.759. The number of hydrogen-bond acceptors (Lipinski definition) is 4. The first-order valence-corrected chi connectivity index (χ1v) is 4.90. The number of rotatable bonds is 3. The summed E-state index contributed by atoms with van der Waals surface area (Å²) in [5, 5.41) is 5.26. The van der Waals surface area contributed by atoms with E-state index in [2.05, 4.69) is 15.3 Å². The van der Waals surface area contributed by atoms with Crippen molar-refractivity contribution in [3.05, 3.63) is 41.1 Å². The van der Waals surface area contributed by atoms with Crippen LogP contribution in [0.1, 0.15) is 5.69 Å². The van der Waals surface area contributed by atoms with Gasteiger partial charge in [-0.2, -0.15) is 0 Å². The van der Waals surface area contributed by atoms with E-state index in [-0.39, 0.29) is 0 Å². The van der Waals surface area contributed by atoms with Gasteiger partial charge >= 0.3 is 0 Å². The molecule has 0 aliphatic heterocycles. The largest absolute Gasteiger partial charge is 0.378 e. The maximum absolute atomic E-state index is 4.17. The van der Waals surface area contributed by atoms with Crippen molar-refractivity contribution in [3.63, 3.8) is 0 Å². The summed E-state index contributed by atoms with van der Waals surface area (Å²) < 4.78 is 0. The highest BCUT2D eigenvalue weighted by Gasteiger charge is 1.94.